The van der Waals surface area contributed by atoms with Crippen LogP contribution in [0.25, 0.3) is 0 Å². The zero-order valence-corrected chi connectivity index (χ0v) is 9.12. The van der Waals surface area contributed by atoms with E-state index in [0.717, 1.165) is 18.8 Å². The van der Waals surface area contributed by atoms with Crippen LogP contribution in [0.5, 0.6) is 0 Å². The van der Waals surface area contributed by atoms with Gasteiger partial charge in [-0.05, 0) is 12.1 Å². The van der Waals surface area contributed by atoms with Crippen LogP contribution in [-0.4, -0.2) is 37.5 Å². The largest absolute Gasteiger partial charge is 0.305 e. The Morgan fingerprint density at radius 2 is 2.25 bits per heavy atom. The van der Waals surface area contributed by atoms with Crippen LogP contribution in [0.2, 0.25) is 0 Å². The van der Waals surface area contributed by atoms with Crippen LogP contribution in [0, 0.1) is 0 Å². The molecular formula is C11H17FN4. The Balaban J connectivity index is 2.04. The van der Waals surface area contributed by atoms with Gasteiger partial charge in [0.1, 0.15) is 6.67 Å². The Morgan fingerprint density at radius 1 is 1.38 bits per heavy atom. The molecule has 4 nitrogen and oxygen atoms in total. The monoisotopic (exact) mass is 224 g/mol. The van der Waals surface area contributed by atoms with Gasteiger partial charge < -0.3 is 5.32 Å². The molecule has 88 valence electrons. The summed E-state index contributed by atoms with van der Waals surface area (Å²) in [5.41, 5.74) is 0.978. The highest BCUT2D eigenvalue weighted by Gasteiger charge is 2.25. The van der Waals surface area contributed by atoms with Gasteiger partial charge in [-0.15, -0.1) is 0 Å². The molecule has 1 aliphatic heterocycles. The third-order valence-electron chi connectivity index (χ3n) is 2.65. The van der Waals surface area contributed by atoms with Crippen molar-refractivity contribution in [2.45, 2.75) is 12.2 Å². The van der Waals surface area contributed by atoms with Crippen LogP contribution < -0.4 is 16.0 Å². The van der Waals surface area contributed by atoms with Crippen molar-refractivity contribution >= 4 is 0 Å². The molecule has 0 aromatic carbocycles. The second-order valence-electron chi connectivity index (χ2n) is 3.76. The van der Waals surface area contributed by atoms with Gasteiger partial charge >= 0.3 is 0 Å². The van der Waals surface area contributed by atoms with Crippen LogP contribution in [0.4, 0.5) is 4.39 Å². The Labute approximate surface area is 94.6 Å². The maximum atomic E-state index is 12.2. The quantitative estimate of drug-likeness (QED) is 0.684. The lowest BCUT2D eigenvalue weighted by Gasteiger charge is -2.33. The minimum Gasteiger partial charge on any atom is -0.305 e. The molecule has 0 spiro atoms. The fourth-order valence-electron chi connectivity index (χ4n) is 1.93. The molecule has 1 aromatic heterocycles. The molecule has 0 amide bonds. The summed E-state index contributed by atoms with van der Waals surface area (Å²) in [4.78, 5) is 4.32. The molecule has 1 saturated heterocycles. The zero-order chi connectivity index (χ0) is 11.2. The van der Waals surface area contributed by atoms with E-state index in [1.807, 2.05) is 18.2 Å². The van der Waals surface area contributed by atoms with E-state index in [0.29, 0.717) is 6.54 Å². The van der Waals surface area contributed by atoms with Crippen molar-refractivity contribution in [3.8, 4) is 0 Å². The number of nitrogens with zero attached hydrogens (tertiary/aromatic N) is 1. The molecule has 0 aliphatic carbocycles. The molecule has 2 heterocycles. The van der Waals surface area contributed by atoms with Crippen molar-refractivity contribution in [3.63, 3.8) is 0 Å². The van der Waals surface area contributed by atoms with Crippen LogP contribution in [-0.2, 0) is 0 Å². The van der Waals surface area contributed by atoms with E-state index in [1.165, 1.54) is 0 Å². The third kappa shape index (κ3) is 2.75. The number of pyridine rings is 1. The standard InChI is InChI=1S/C11H17FN4/c12-4-6-15-11-10(14-7-8-16-11)9-3-1-2-5-13-9/h1-3,5,10-11,14-16H,4,6-8H2. The first-order valence-corrected chi connectivity index (χ1v) is 5.59. The maximum Gasteiger partial charge on any atom is 0.102 e. The first-order chi connectivity index (χ1) is 7.92. The van der Waals surface area contributed by atoms with Gasteiger partial charge in [0, 0.05) is 25.8 Å². The van der Waals surface area contributed by atoms with Gasteiger partial charge in [0.2, 0.25) is 0 Å². The van der Waals surface area contributed by atoms with Crippen molar-refractivity contribution < 1.29 is 4.39 Å². The molecule has 3 N–H and O–H groups in total. The first kappa shape index (κ1) is 11.4. The normalized spacial score (nSPS) is 25.6. The van der Waals surface area contributed by atoms with E-state index >= 15 is 0 Å². The molecule has 1 aromatic rings. The number of alkyl halides is 1. The molecule has 1 aliphatic rings. The highest BCUT2D eigenvalue weighted by molar-refractivity contribution is 5.12. The second kappa shape index (κ2) is 5.89. The molecule has 0 saturated carbocycles. The summed E-state index contributed by atoms with van der Waals surface area (Å²) in [6.45, 7) is 1.79. The number of halogens is 1. The number of piperazine rings is 1. The number of nitrogens with one attached hydrogen (secondary N) is 3. The Morgan fingerprint density at radius 3 is 3.00 bits per heavy atom. The Bertz CT molecular complexity index is 306. The molecule has 2 unspecified atom stereocenters. The SMILES string of the molecule is FCCNC1NCCNC1c1ccccn1. The van der Waals surface area contributed by atoms with E-state index in [-0.39, 0.29) is 18.9 Å². The lowest BCUT2D eigenvalue weighted by atomic mass is 10.1. The van der Waals surface area contributed by atoms with Crippen molar-refractivity contribution in [1.29, 1.82) is 0 Å². The van der Waals surface area contributed by atoms with E-state index in [1.54, 1.807) is 6.20 Å². The van der Waals surface area contributed by atoms with Gasteiger partial charge in [0.05, 0.1) is 17.9 Å². The zero-order valence-electron chi connectivity index (χ0n) is 9.12. The van der Waals surface area contributed by atoms with Gasteiger partial charge in [-0.25, -0.2) is 4.39 Å². The molecule has 0 radical (unpaired) electrons. The number of hydrogen-bond acceptors (Lipinski definition) is 4. The number of aromatic nitrogens is 1. The average Bonchev–Trinajstić information content (AvgIpc) is 2.38. The molecule has 1 fully saturated rings. The summed E-state index contributed by atoms with van der Waals surface area (Å²) >= 11 is 0. The van der Waals surface area contributed by atoms with Crippen LogP contribution >= 0.6 is 0 Å². The van der Waals surface area contributed by atoms with Crippen molar-refractivity contribution in [1.82, 2.24) is 20.9 Å². The molecule has 5 heteroatoms. The summed E-state index contributed by atoms with van der Waals surface area (Å²) < 4.78 is 12.2. The first-order valence-electron chi connectivity index (χ1n) is 5.59. The minimum atomic E-state index is -0.354. The molecular weight excluding hydrogens is 207 g/mol. The van der Waals surface area contributed by atoms with Gasteiger partial charge in [-0.2, -0.15) is 0 Å². The molecule has 2 rings (SSSR count). The third-order valence-corrected chi connectivity index (χ3v) is 2.65. The highest BCUT2D eigenvalue weighted by Crippen LogP contribution is 2.14. The van der Waals surface area contributed by atoms with Gasteiger partial charge in [0.25, 0.3) is 0 Å². The predicted molar refractivity (Wildman–Crippen MR) is 60.7 cm³/mol. The van der Waals surface area contributed by atoms with E-state index in [2.05, 4.69) is 20.9 Å². The van der Waals surface area contributed by atoms with Crippen LogP contribution in [0.3, 0.4) is 0 Å². The number of rotatable bonds is 4. The fraction of sp³-hybridized carbons (Fsp3) is 0.545. The van der Waals surface area contributed by atoms with E-state index < -0.39 is 0 Å². The summed E-state index contributed by atoms with van der Waals surface area (Å²) in [7, 11) is 0. The average molecular weight is 224 g/mol. The molecule has 16 heavy (non-hydrogen) atoms. The minimum absolute atomic E-state index is 0.0411. The van der Waals surface area contributed by atoms with Crippen molar-refractivity contribution in [2.75, 3.05) is 26.3 Å². The Kier molecular flexibility index (Phi) is 4.21. The van der Waals surface area contributed by atoms with Crippen molar-refractivity contribution in [3.05, 3.63) is 30.1 Å². The van der Waals surface area contributed by atoms with Crippen LogP contribution in [0.1, 0.15) is 11.7 Å². The topological polar surface area (TPSA) is 49.0 Å². The molecule has 2 atom stereocenters. The van der Waals surface area contributed by atoms with E-state index in [9.17, 15) is 4.39 Å². The fourth-order valence-corrected chi connectivity index (χ4v) is 1.93. The van der Waals surface area contributed by atoms with Gasteiger partial charge in [-0.1, -0.05) is 6.07 Å². The summed E-state index contributed by atoms with van der Waals surface area (Å²) in [6.07, 6.45) is 1.82. The summed E-state index contributed by atoms with van der Waals surface area (Å²) in [5.74, 6) is 0. The second-order valence-corrected chi connectivity index (χ2v) is 3.76. The Hall–Kier alpha value is -1.04. The predicted octanol–water partition coefficient (Wildman–Crippen LogP) is 0.201. The number of hydrogen-bond donors (Lipinski definition) is 3. The van der Waals surface area contributed by atoms with Gasteiger partial charge in [0.15, 0.2) is 0 Å². The molecule has 0 bridgehead atoms. The van der Waals surface area contributed by atoms with Crippen molar-refractivity contribution in [2.24, 2.45) is 0 Å². The van der Waals surface area contributed by atoms with E-state index in [4.69, 9.17) is 0 Å². The lowest BCUT2D eigenvalue weighted by Crippen LogP contribution is -2.57. The smallest absolute Gasteiger partial charge is 0.102 e. The van der Waals surface area contributed by atoms with Gasteiger partial charge in [-0.3, -0.25) is 15.6 Å². The maximum absolute atomic E-state index is 12.2. The highest BCUT2D eigenvalue weighted by atomic mass is 19.1. The lowest BCUT2D eigenvalue weighted by molar-refractivity contribution is 0.269. The summed E-state index contributed by atoms with van der Waals surface area (Å²) in [5, 5.41) is 9.84. The van der Waals surface area contributed by atoms with Crippen LogP contribution in [0.15, 0.2) is 24.4 Å². The summed E-state index contributed by atoms with van der Waals surface area (Å²) in [6, 6.07) is 5.94.